The molecule has 0 aromatic carbocycles. The van der Waals surface area contributed by atoms with E-state index in [1.165, 1.54) is 10.4 Å². The van der Waals surface area contributed by atoms with E-state index in [0.717, 1.165) is 11.3 Å². The van der Waals surface area contributed by atoms with Gasteiger partial charge in [0.15, 0.2) is 0 Å². The quantitative estimate of drug-likeness (QED) is 0.730. The van der Waals surface area contributed by atoms with Crippen molar-refractivity contribution in [2.45, 2.75) is 13.8 Å². The summed E-state index contributed by atoms with van der Waals surface area (Å²) in [7, 11) is 0. The predicted octanol–water partition coefficient (Wildman–Crippen LogP) is 2.34. The smallest absolute Gasteiger partial charge is 0.148 e. The van der Waals surface area contributed by atoms with Crippen LogP contribution in [0.5, 0.6) is 0 Å². The van der Waals surface area contributed by atoms with Crippen LogP contribution in [0.3, 0.4) is 0 Å². The molecule has 4 heteroatoms. The number of H-pyrrole nitrogens is 1. The first-order valence-electron chi connectivity index (χ1n) is 4.04. The topological polar surface area (TPSA) is 54.7 Å². The van der Waals surface area contributed by atoms with Gasteiger partial charge >= 0.3 is 0 Å². The summed E-state index contributed by atoms with van der Waals surface area (Å²) in [5, 5.41) is 9.00. The van der Waals surface area contributed by atoms with Crippen molar-refractivity contribution < 1.29 is 0 Å². The molecule has 13 heavy (non-hydrogen) atoms. The van der Waals surface area contributed by atoms with Crippen molar-refractivity contribution >= 4 is 17.2 Å². The highest BCUT2D eigenvalue weighted by atomic mass is 32.1. The Balaban J connectivity index is 2.52. The third-order valence-electron chi connectivity index (χ3n) is 2.07. The van der Waals surface area contributed by atoms with E-state index in [1.807, 2.05) is 6.92 Å². The lowest BCUT2D eigenvalue weighted by Gasteiger charge is -1.93. The van der Waals surface area contributed by atoms with Crippen LogP contribution in [0.1, 0.15) is 10.4 Å². The molecule has 0 atom stereocenters. The highest BCUT2D eigenvalue weighted by molar-refractivity contribution is 7.10. The van der Waals surface area contributed by atoms with E-state index in [2.05, 4.69) is 28.6 Å². The maximum absolute atomic E-state index is 5.65. The number of aromatic nitrogens is 2. The van der Waals surface area contributed by atoms with Gasteiger partial charge in [-0.15, -0.1) is 11.3 Å². The molecule has 0 fully saturated rings. The van der Waals surface area contributed by atoms with Crippen LogP contribution in [0, 0.1) is 13.8 Å². The molecule has 0 aliphatic heterocycles. The van der Waals surface area contributed by atoms with Gasteiger partial charge in [-0.05, 0) is 19.9 Å². The molecule has 2 aromatic heterocycles. The molecule has 0 spiro atoms. The fourth-order valence-corrected chi connectivity index (χ4v) is 1.96. The standard InChI is InChI=1S/C9H11N3S/c1-5-3-7(4-13-5)8-6(2)9(10)12-11-8/h3-4H,1-2H3,(H3,10,11,12). The first kappa shape index (κ1) is 8.31. The van der Waals surface area contributed by atoms with Crippen molar-refractivity contribution in [1.82, 2.24) is 10.2 Å². The van der Waals surface area contributed by atoms with E-state index < -0.39 is 0 Å². The number of nitrogen functional groups attached to an aromatic ring is 1. The van der Waals surface area contributed by atoms with E-state index in [9.17, 15) is 0 Å². The fraction of sp³-hybridized carbons (Fsp3) is 0.222. The van der Waals surface area contributed by atoms with Gasteiger partial charge in [-0.25, -0.2) is 0 Å². The summed E-state index contributed by atoms with van der Waals surface area (Å²) in [6, 6.07) is 2.13. The molecular formula is C9H11N3S. The van der Waals surface area contributed by atoms with E-state index in [-0.39, 0.29) is 0 Å². The van der Waals surface area contributed by atoms with Gasteiger partial charge in [0.25, 0.3) is 0 Å². The first-order chi connectivity index (χ1) is 6.18. The molecule has 0 amide bonds. The van der Waals surface area contributed by atoms with Crippen LogP contribution in [-0.2, 0) is 0 Å². The zero-order chi connectivity index (χ0) is 9.42. The number of rotatable bonds is 1. The Morgan fingerprint density at radius 1 is 1.46 bits per heavy atom. The normalized spacial score (nSPS) is 10.6. The molecule has 0 aliphatic carbocycles. The molecule has 0 unspecified atom stereocenters. The number of aryl methyl sites for hydroxylation is 1. The van der Waals surface area contributed by atoms with Gasteiger partial charge in [0.2, 0.25) is 0 Å². The Labute approximate surface area is 80.6 Å². The van der Waals surface area contributed by atoms with Crippen molar-refractivity contribution in [2.24, 2.45) is 0 Å². The van der Waals surface area contributed by atoms with Gasteiger partial charge < -0.3 is 5.73 Å². The molecule has 0 bridgehead atoms. The molecule has 2 heterocycles. The number of nitrogens with zero attached hydrogens (tertiary/aromatic N) is 1. The molecule has 3 nitrogen and oxygen atoms in total. The Bertz CT molecular complexity index is 428. The summed E-state index contributed by atoms with van der Waals surface area (Å²) in [5.74, 6) is 0.582. The lowest BCUT2D eigenvalue weighted by Crippen LogP contribution is -1.85. The molecule has 68 valence electrons. The molecule has 0 radical (unpaired) electrons. The Morgan fingerprint density at radius 2 is 2.23 bits per heavy atom. The SMILES string of the molecule is Cc1cc(-c2[nH]nc(N)c2C)cs1. The summed E-state index contributed by atoms with van der Waals surface area (Å²) in [6.07, 6.45) is 0. The van der Waals surface area contributed by atoms with Crippen LogP contribution in [0.25, 0.3) is 11.3 Å². The second-order valence-corrected chi connectivity index (χ2v) is 4.17. The Hall–Kier alpha value is -1.29. The number of nitrogens with one attached hydrogen (secondary N) is 1. The van der Waals surface area contributed by atoms with E-state index in [1.54, 1.807) is 11.3 Å². The monoisotopic (exact) mass is 193 g/mol. The van der Waals surface area contributed by atoms with Crippen LogP contribution >= 0.6 is 11.3 Å². The number of thiophene rings is 1. The number of nitrogens with two attached hydrogens (primary N) is 1. The van der Waals surface area contributed by atoms with Gasteiger partial charge in [0, 0.05) is 21.4 Å². The van der Waals surface area contributed by atoms with Gasteiger partial charge in [-0.3, -0.25) is 5.10 Å². The number of hydrogen-bond acceptors (Lipinski definition) is 3. The average Bonchev–Trinajstić information content (AvgIpc) is 2.62. The predicted molar refractivity (Wildman–Crippen MR) is 55.8 cm³/mol. The zero-order valence-corrected chi connectivity index (χ0v) is 8.40. The van der Waals surface area contributed by atoms with Crippen molar-refractivity contribution in [1.29, 1.82) is 0 Å². The summed E-state index contributed by atoms with van der Waals surface area (Å²) in [6.45, 7) is 4.06. The maximum atomic E-state index is 5.65. The lowest BCUT2D eigenvalue weighted by molar-refractivity contribution is 1.10. The third-order valence-corrected chi connectivity index (χ3v) is 2.93. The largest absolute Gasteiger partial charge is 0.382 e. The first-order valence-corrected chi connectivity index (χ1v) is 4.92. The average molecular weight is 193 g/mol. The van der Waals surface area contributed by atoms with Gasteiger partial charge in [-0.2, -0.15) is 5.10 Å². The Morgan fingerprint density at radius 3 is 2.69 bits per heavy atom. The molecule has 3 N–H and O–H groups in total. The van der Waals surface area contributed by atoms with Crippen LogP contribution in [0.2, 0.25) is 0 Å². The summed E-state index contributed by atoms with van der Waals surface area (Å²) in [5.41, 5.74) is 8.87. The van der Waals surface area contributed by atoms with E-state index in [4.69, 9.17) is 5.73 Å². The van der Waals surface area contributed by atoms with Gasteiger partial charge in [0.1, 0.15) is 5.82 Å². The summed E-state index contributed by atoms with van der Waals surface area (Å²) in [4.78, 5) is 1.29. The van der Waals surface area contributed by atoms with Gasteiger partial charge in [-0.1, -0.05) is 0 Å². The highest BCUT2D eigenvalue weighted by Crippen LogP contribution is 2.27. The summed E-state index contributed by atoms with van der Waals surface area (Å²) < 4.78 is 0. The van der Waals surface area contributed by atoms with Crippen LogP contribution < -0.4 is 5.73 Å². The van der Waals surface area contributed by atoms with Gasteiger partial charge in [0.05, 0.1) is 5.69 Å². The number of anilines is 1. The highest BCUT2D eigenvalue weighted by Gasteiger charge is 2.08. The van der Waals surface area contributed by atoms with E-state index >= 15 is 0 Å². The number of aromatic amines is 1. The minimum absolute atomic E-state index is 0.582. The fourth-order valence-electron chi connectivity index (χ4n) is 1.27. The third kappa shape index (κ3) is 1.33. The molecule has 2 aromatic rings. The van der Waals surface area contributed by atoms with Crippen molar-refractivity contribution in [3.63, 3.8) is 0 Å². The second kappa shape index (κ2) is 2.88. The van der Waals surface area contributed by atoms with E-state index in [0.29, 0.717) is 5.82 Å². The van der Waals surface area contributed by atoms with Crippen molar-refractivity contribution in [3.8, 4) is 11.3 Å². The molecule has 0 saturated carbocycles. The molecular weight excluding hydrogens is 182 g/mol. The van der Waals surface area contributed by atoms with Crippen LogP contribution in [-0.4, -0.2) is 10.2 Å². The van der Waals surface area contributed by atoms with Crippen molar-refractivity contribution in [2.75, 3.05) is 5.73 Å². The molecule has 0 saturated heterocycles. The maximum Gasteiger partial charge on any atom is 0.148 e. The summed E-state index contributed by atoms with van der Waals surface area (Å²) >= 11 is 1.73. The molecule has 2 rings (SSSR count). The Kier molecular flexibility index (Phi) is 1.84. The zero-order valence-electron chi connectivity index (χ0n) is 7.59. The number of hydrogen-bond donors (Lipinski definition) is 2. The molecule has 0 aliphatic rings. The van der Waals surface area contributed by atoms with Crippen LogP contribution in [0.15, 0.2) is 11.4 Å². The van der Waals surface area contributed by atoms with Crippen molar-refractivity contribution in [3.05, 3.63) is 21.9 Å². The van der Waals surface area contributed by atoms with Crippen LogP contribution in [0.4, 0.5) is 5.82 Å². The minimum Gasteiger partial charge on any atom is -0.382 e. The lowest BCUT2D eigenvalue weighted by atomic mass is 10.1. The minimum atomic E-state index is 0.582. The second-order valence-electron chi connectivity index (χ2n) is 3.05.